The van der Waals surface area contributed by atoms with E-state index in [4.69, 9.17) is 21.6 Å². The van der Waals surface area contributed by atoms with Gasteiger partial charge in [0.2, 0.25) is 0 Å². The van der Waals surface area contributed by atoms with Crippen LogP contribution in [-0.2, 0) is 21.8 Å². The molecule has 0 spiro atoms. The molecule has 0 N–H and O–H groups in total. The number of esters is 1. The fraction of sp³-hybridized carbons (Fsp3) is 0.385. The first-order valence-corrected chi connectivity index (χ1v) is 6.28. The summed E-state index contributed by atoms with van der Waals surface area (Å²) in [6.07, 6.45) is -0.257. The van der Waals surface area contributed by atoms with Gasteiger partial charge in [0.15, 0.2) is 0 Å². The predicted molar refractivity (Wildman–Crippen MR) is 67.7 cm³/mol. The van der Waals surface area contributed by atoms with Crippen LogP contribution in [0.3, 0.4) is 0 Å². The van der Waals surface area contributed by atoms with Gasteiger partial charge in [-0.1, -0.05) is 12.1 Å². The highest BCUT2D eigenvalue weighted by molar-refractivity contribution is 6.17. The molecule has 20 heavy (non-hydrogen) atoms. The highest BCUT2D eigenvalue weighted by Crippen LogP contribution is 2.30. The molecular formula is C13H12ClF2NO3. The van der Waals surface area contributed by atoms with Crippen molar-refractivity contribution in [2.75, 3.05) is 6.61 Å². The number of nitriles is 1. The maximum atomic E-state index is 12.5. The van der Waals surface area contributed by atoms with Crippen molar-refractivity contribution in [2.45, 2.75) is 25.8 Å². The number of carbonyl (C=O) groups is 1. The monoisotopic (exact) mass is 303 g/mol. The lowest BCUT2D eigenvalue weighted by atomic mass is 10.0. The van der Waals surface area contributed by atoms with E-state index in [1.807, 2.05) is 0 Å². The number of nitrogens with zero attached hydrogens (tertiary/aromatic N) is 1. The normalized spacial score (nSPS) is 10.2. The Labute approximate surface area is 119 Å². The summed E-state index contributed by atoms with van der Waals surface area (Å²) in [6.45, 7) is -1.30. The van der Waals surface area contributed by atoms with Crippen LogP contribution < -0.4 is 4.74 Å². The molecule has 0 radical (unpaired) electrons. The molecule has 0 aliphatic rings. The van der Waals surface area contributed by atoms with Crippen molar-refractivity contribution in [3.8, 4) is 11.8 Å². The van der Waals surface area contributed by atoms with Crippen LogP contribution >= 0.6 is 11.6 Å². The number of hydrogen-bond acceptors (Lipinski definition) is 4. The van der Waals surface area contributed by atoms with Gasteiger partial charge in [-0.15, -0.1) is 11.6 Å². The van der Waals surface area contributed by atoms with Gasteiger partial charge in [0, 0.05) is 11.4 Å². The number of carbonyl (C=O) groups excluding carboxylic acids is 1. The average molecular weight is 304 g/mol. The lowest BCUT2D eigenvalue weighted by Crippen LogP contribution is -2.12. The number of benzene rings is 1. The largest absolute Gasteiger partial charge is 0.466 e. The van der Waals surface area contributed by atoms with Crippen molar-refractivity contribution in [3.05, 3.63) is 28.8 Å². The molecule has 4 nitrogen and oxygen atoms in total. The molecule has 0 aliphatic carbocycles. The fourth-order valence-electron chi connectivity index (χ4n) is 1.63. The van der Waals surface area contributed by atoms with Crippen molar-refractivity contribution >= 4 is 17.6 Å². The highest BCUT2D eigenvalue weighted by atomic mass is 35.5. The van der Waals surface area contributed by atoms with E-state index in [9.17, 15) is 13.6 Å². The van der Waals surface area contributed by atoms with Crippen molar-refractivity contribution < 1.29 is 23.0 Å². The zero-order chi connectivity index (χ0) is 15.1. The van der Waals surface area contributed by atoms with Crippen LogP contribution in [0.2, 0.25) is 0 Å². The van der Waals surface area contributed by atoms with E-state index in [0.717, 1.165) is 0 Å². The Morgan fingerprint density at radius 3 is 2.60 bits per heavy atom. The van der Waals surface area contributed by atoms with Gasteiger partial charge in [0.25, 0.3) is 0 Å². The molecule has 108 valence electrons. The zero-order valence-corrected chi connectivity index (χ0v) is 11.4. The quantitative estimate of drug-likeness (QED) is 0.599. The maximum absolute atomic E-state index is 12.5. The first-order chi connectivity index (χ1) is 9.53. The second kappa shape index (κ2) is 7.65. The van der Waals surface area contributed by atoms with Gasteiger partial charge in [0.05, 0.1) is 18.6 Å². The molecule has 0 atom stereocenters. The Morgan fingerprint density at radius 1 is 1.45 bits per heavy atom. The Morgan fingerprint density at radius 2 is 2.10 bits per heavy atom. The van der Waals surface area contributed by atoms with E-state index >= 15 is 0 Å². The number of halogens is 3. The van der Waals surface area contributed by atoms with Crippen LogP contribution in [0.5, 0.6) is 5.75 Å². The van der Waals surface area contributed by atoms with Crippen molar-refractivity contribution in [1.82, 2.24) is 0 Å². The summed E-state index contributed by atoms with van der Waals surface area (Å²) < 4.78 is 34.0. The van der Waals surface area contributed by atoms with E-state index in [-0.39, 0.29) is 35.8 Å². The van der Waals surface area contributed by atoms with Gasteiger partial charge in [-0.2, -0.15) is 14.0 Å². The Kier molecular flexibility index (Phi) is 6.19. The van der Waals surface area contributed by atoms with E-state index in [1.54, 1.807) is 13.0 Å². The third kappa shape index (κ3) is 4.07. The minimum atomic E-state index is -3.10. The Bertz CT molecular complexity index is 529. The molecule has 0 bridgehead atoms. The summed E-state index contributed by atoms with van der Waals surface area (Å²) in [5.41, 5.74) is 0.425. The summed E-state index contributed by atoms with van der Waals surface area (Å²) in [5, 5.41) is 9.06. The number of ether oxygens (including phenoxy) is 2. The molecule has 1 rings (SSSR count). The molecule has 1 aromatic carbocycles. The molecule has 0 saturated carbocycles. The second-order valence-corrected chi connectivity index (χ2v) is 3.96. The van der Waals surface area contributed by atoms with Gasteiger partial charge in [-0.05, 0) is 12.5 Å². The van der Waals surface area contributed by atoms with Crippen LogP contribution in [0.15, 0.2) is 12.1 Å². The third-order valence-electron chi connectivity index (χ3n) is 2.43. The first-order valence-electron chi connectivity index (χ1n) is 5.74. The molecule has 7 heteroatoms. The smallest absolute Gasteiger partial charge is 0.387 e. The fourth-order valence-corrected chi connectivity index (χ4v) is 1.85. The number of alkyl halides is 3. The van der Waals surface area contributed by atoms with E-state index in [2.05, 4.69) is 4.74 Å². The highest BCUT2D eigenvalue weighted by Gasteiger charge is 2.20. The molecule has 0 aliphatic heterocycles. The zero-order valence-electron chi connectivity index (χ0n) is 10.7. The van der Waals surface area contributed by atoms with Crippen LogP contribution in [-0.4, -0.2) is 19.2 Å². The number of rotatable bonds is 6. The predicted octanol–water partition coefficient (Wildman–Crippen LogP) is 3.00. The molecule has 0 saturated heterocycles. The maximum Gasteiger partial charge on any atom is 0.387 e. The molecule has 0 amide bonds. The van der Waals surface area contributed by atoms with Crippen molar-refractivity contribution in [2.24, 2.45) is 0 Å². The van der Waals surface area contributed by atoms with Crippen LogP contribution in [0, 0.1) is 11.3 Å². The summed E-state index contributed by atoms with van der Waals surface area (Å²) in [7, 11) is 0. The van der Waals surface area contributed by atoms with Crippen molar-refractivity contribution in [3.63, 3.8) is 0 Å². The van der Waals surface area contributed by atoms with E-state index in [0.29, 0.717) is 5.56 Å². The van der Waals surface area contributed by atoms with Gasteiger partial charge in [-0.25, -0.2) is 0 Å². The molecule has 1 aromatic rings. The Balaban J connectivity index is 3.22. The molecule has 0 unspecified atom stereocenters. The minimum absolute atomic E-state index is 0.0256. The SMILES string of the molecule is CCOC(=O)Cc1ccc(CCl)c(C#N)c1OC(F)F. The van der Waals surface area contributed by atoms with Crippen LogP contribution in [0.1, 0.15) is 23.6 Å². The van der Waals surface area contributed by atoms with E-state index in [1.165, 1.54) is 12.1 Å². The minimum Gasteiger partial charge on any atom is -0.466 e. The average Bonchev–Trinajstić information content (AvgIpc) is 2.40. The topological polar surface area (TPSA) is 59.3 Å². The molecule has 0 fully saturated rings. The lowest BCUT2D eigenvalue weighted by molar-refractivity contribution is -0.142. The Hall–Kier alpha value is -1.87. The molecular weight excluding hydrogens is 292 g/mol. The lowest BCUT2D eigenvalue weighted by Gasteiger charge is -2.14. The number of hydrogen-bond donors (Lipinski definition) is 0. The van der Waals surface area contributed by atoms with Gasteiger partial charge in [0.1, 0.15) is 11.8 Å². The molecule has 0 aromatic heterocycles. The van der Waals surface area contributed by atoms with E-state index < -0.39 is 12.6 Å². The van der Waals surface area contributed by atoms with Crippen molar-refractivity contribution in [1.29, 1.82) is 5.26 Å². The molecule has 0 heterocycles. The first kappa shape index (κ1) is 16.2. The standard InChI is InChI=1S/C13H12ClF2NO3/c1-2-19-11(18)5-8-3-4-9(6-14)10(7-17)12(8)20-13(15)16/h3-4,13H,2,5-6H2,1H3. The summed E-state index contributed by atoms with van der Waals surface area (Å²) >= 11 is 5.64. The van der Waals surface area contributed by atoms with Crippen LogP contribution in [0.4, 0.5) is 8.78 Å². The summed E-state index contributed by atoms with van der Waals surface area (Å²) in [5.74, 6) is -0.940. The third-order valence-corrected chi connectivity index (χ3v) is 2.72. The summed E-state index contributed by atoms with van der Waals surface area (Å²) in [6, 6.07) is 4.69. The van der Waals surface area contributed by atoms with Gasteiger partial charge in [-0.3, -0.25) is 4.79 Å². The second-order valence-electron chi connectivity index (χ2n) is 3.69. The van der Waals surface area contributed by atoms with Crippen LogP contribution in [0.25, 0.3) is 0 Å². The summed E-state index contributed by atoms with van der Waals surface area (Å²) in [4.78, 5) is 11.4. The van der Waals surface area contributed by atoms with Gasteiger partial charge >= 0.3 is 12.6 Å². The van der Waals surface area contributed by atoms with Gasteiger partial charge < -0.3 is 9.47 Å².